The predicted molar refractivity (Wildman–Crippen MR) is 85.1 cm³/mol. The molecule has 3 rings (SSSR count). The first-order valence-electron chi connectivity index (χ1n) is 6.34. The van der Waals surface area contributed by atoms with Crippen molar-refractivity contribution in [1.82, 2.24) is 0 Å². The SMILES string of the molecule is OCC1(Nc2ccc(Cl)c(Br)c2)COc2cc(O)ccc21. The first kappa shape index (κ1) is 14.5. The second-order valence-electron chi connectivity index (χ2n) is 4.96. The van der Waals surface area contributed by atoms with E-state index in [-0.39, 0.29) is 19.0 Å². The van der Waals surface area contributed by atoms with Crippen LogP contribution >= 0.6 is 27.5 Å². The van der Waals surface area contributed by atoms with Crippen LogP contribution in [0.5, 0.6) is 11.5 Å². The summed E-state index contributed by atoms with van der Waals surface area (Å²) in [5, 5.41) is 23.3. The smallest absolute Gasteiger partial charge is 0.128 e. The van der Waals surface area contributed by atoms with E-state index in [9.17, 15) is 10.2 Å². The van der Waals surface area contributed by atoms with E-state index in [1.165, 1.54) is 0 Å². The lowest BCUT2D eigenvalue weighted by Crippen LogP contribution is -2.40. The number of hydrogen-bond acceptors (Lipinski definition) is 4. The number of phenolic OH excluding ortho intramolecular Hbond substituents is 1. The zero-order valence-corrected chi connectivity index (χ0v) is 13.3. The number of hydrogen-bond donors (Lipinski definition) is 3. The summed E-state index contributed by atoms with van der Waals surface area (Å²) in [6.07, 6.45) is 0. The highest BCUT2D eigenvalue weighted by Crippen LogP contribution is 2.41. The minimum Gasteiger partial charge on any atom is -0.508 e. The summed E-state index contributed by atoms with van der Waals surface area (Å²) >= 11 is 9.37. The van der Waals surface area contributed by atoms with Gasteiger partial charge in [0.15, 0.2) is 0 Å². The highest BCUT2D eigenvalue weighted by molar-refractivity contribution is 9.10. The molecule has 3 N–H and O–H groups in total. The molecule has 1 aliphatic heterocycles. The molecule has 2 aromatic carbocycles. The van der Waals surface area contributed by atoms with Gasteiger partial charge in [-0.2, -0.15) is 0 Å². The topological polar surface area (TPSA) is 61.7 Å². The van der Waals surface area contributed by atoms with Crippen LogP contribution in [-0.2, 0) is 5.54 Å². The Hall–Kier alpha value is -1.43. The Kier molecular flexibility index (Phi) is 3.73. The van der Waals surface area contributed by atoms with E-state index in [0.29, 0.717) is 10.8 Å². The van der Waals surface area contributed by atoms with E-state index in [4.69, 9.17) is 16.3 Å². The second kappa shape index (κ2) is 5.40. The minimum absolute atomic E-state index is 0.134. The van der Waals surface area contributed by atoms with Gasteiger partial charge in [-0.15, -0.1) is 0 Å². The van der Waals surface area contributed by atoms with E-state index in [1.54, 1.807) is 24.3 Å². The number of fused-ring (bicyclic) bond motifs is 1. The third-order valence-electron chi connectivity index (χ3n) is 3.53. The highest BCUT2D eigenvalue weighted by atomic mass is 79.9. The molecule has 0 saturated heterocycles. The van der Waals surface area contributed by atoms with Crippen LogP contribution in [0, 0.1) is 0 Å². The highest BCUT2D eigenvalue weighted by Gasteiger charge is 2.40. The first-order chi connectivity index (χ1) is 10.0. The third kappa shape index (κ3) is 2.57. The molecule has 0 radical (unpaired) electrons. The van der Waals surface area contributed by atoms with Crippen molar-refractivity contribution in [3.63, 3.8) is 0 Å². The molecule has 2 aromatic rings. The summed E-state index contributed by atoms with van der Waals surface area (Å²) in [5.74, 6) is 0.710. The quantitative estimate of drug-likeness (QED) is 0.774. The number of benzene rings is 2. The van der Waals surface area contributed by atoms with Gasteiger partial charge in [-0.1, -0.05) is 11.6 Å². The van der Waals surface area contributed by atoms with Crippen molar-refractivity contribution < 1.29 is 14.9 Å². The summed E-state index contributed by atoms with van der Waals surface area (Å²) in [6.45, 7) is 0.146. The molecule has 0 aromatic heterocycles. The number of ether oxygens (including phenoxy) is 1. The first-order valence-corrected chi connectivity index (χ1v) is 7.51. The molecule has 0 spiro atoms. The zero-order valence-electron chi connectivity index (χ0n) is 10.9. The number of halogens is 2. The van der Waals surface area contributed by atoms with Gasteiger partial charge >= 0.3 is 0 Å². The van der Waals surface area contributed by atoms with Gasteiger partial charge in [0, 0.05) is 21.8 Å². The Morgan fingerprint density at radius 1 is 1.29 bits per heavy atom. The molecule has 0 amide bonds. The average Bonchev–Trinajstić information content (AvgIpc) is 2.81. The molecule has 6 heteroatoms. The molecule has 0 aliphatic carbocycles. The van der Waals surface area contributed by atoms with Gasteiger partial charge < -0.3 is 20.3 Å². The number of aliphatic hydroxyl groups excluding tert-OH is 1. The van der Waals surface area contributed by atoms with Crippen molar-refractivity contribution >= 4 is 33.2 Å². The fourth-order valence-corrected chi connectivity index (χ4v) is 2.92. The van der Waals surface area contributed by atoms with Gasteiger partial charge in [0.05, 0.1) is 11.6 Å². The summed E-state index contributed by atoms with van der Waals surface area (Å²) < 4.78 is 6.36. The lowest BCUT2D eigenvalue weighted by molar-refractivity contribution is 0.177. The Morgan fingerprint density at radius 3 is 2.81 bits per heavy atom. The van der Waals surface area contributed by atoms with Crippen molar-refractivity contribution in [2.75, 3.05) is 18.5 Å². The van der Waals surface area contributed by atoms with Crippen LogP contribution in [-0.4, -0.2) is 23.4 Å². The average molecular weight is 371 g/mol. The Labute approximate surface area is 135 Å². The molecule has 1 atom stereocenters. The number of anilines is 1. The molecule has 1 unspecified atom stereocenters. The van der Waals surface area contributed by atoms with Gasteiger partial charge in [-0.05, 0) is 46.3 Å². The van der Waals surface area contributed by atoms with Gasteiger partial charge in [-0.3, -0.25) is 0 Å². The lowest BCUT2D eigenvalue weighted by Gasteiger charge is -2.28. The monoisotopic (exact) mass is 369 g/mol. The van der Waals surface area contributed by atoms with Gasteiger partial charge in [0.1, 0.15) is 23.6 Å². The molecule has 1 heterocycles. The van der Waals surface area contributed by atoms with E-state index < -0.39 is 5.54 Å². The predicted octanol–water partition coefficient (Wildman–Crippen LogP) is 3.50. The molecule has 0 fully saturated rings. The summed E-state index contributed by atoms with van der Waals surface area (Å²) in [4.78, 5) is 0. The number of rotatable bonds is 3. The fourth-order valence-electron chi connectivity index (χ4n) is 2.43. The Bertz CT molecular complexity index is 695. The van der Waals surface area contributed by atoms with E-state index in [0.717, 1.165) is 15.7 Å². The standard InChI is InChI=1S/C15H13BrClNO3/c16-12-5-9(1-4-13(12)17)18-15(7-19)8-21-14-6-10(20)2-3-11(14)15/h1-6,18-20H,7-8H2. The van der Waals surface area contributed by atoms with Crippen LogP contribution in [0.1, 0.15) is 5.56 Å². The summed E-state index contributed by atoms with van der Waals surface area (Å²) in [6, 6.07) is 10.3. The van der Waals surface area contributed by atoms with E-state index >= 15 is 0 Å². The minimum atomic E-state index is -0.740. The second-order valence-corrected chi connectivity index (χ2v) is 6.22. The number of nitrogens with one attached hydrogen (secondary N) is 1. The van der Waals surface area contributed by atoms with Crippen LogP contribution in [0.3, 0.4) is 0 Å². The third-order valence-corrected chi connectivity index (χ3v) is 4.74. The van der Waals surface area contributed by atoms with Crippen molar-refractivity contribution in [3.8, 4) is 11.5 Å². The summed E-state index contributed by atoms with van der Waals surface area (Å²) in [7, 11) is 0. The molecule has 0 saturated carbocycles. The maximum atomic E-state index is 9.88. The number of phenols is 1. The van der Waals surface area contributed by atoms with Crippen LogP contribution in [0.4, 0.5) is 5.69 Å². The van der Waals surface area contributed by atoms with Crippen molar-refractivity contribution in [2.45, 2.75) is 5.54 Å². The van der Waals surface area contributed by atoms with Gasteiger partial charge in [-0.25, -0.2) is 0 Å². The largest absolute Gasteiger partial charge is 0.508 e. The number of aliphatic hydroxyl groups is 1. The Morgan fingerprint density at radius 2 is 2.10 bits per heavy atom. The van der Waals surface area contributed by atoms with E-state index in [2.05, 4.69) is 21.2 Å². The maximum absolute atomic E-state index is 9.88. The van der Waals surface area contributed by atoms with E-state index in [1.807, 2.05) is 12.1 Å². The molecular formula is C15H13BrClNO3. The zero-order chi connectivity index (χ0) is 15.0. The summed E-state index contributed by atoms with van der Waals surface area (Å²) in [5.41, 5.74) is 0.884. The van der Waals surface area contributed by atoms with Gasteiger partial charge in [0.2, 0.25) is 0 Å². The normalized spacial score (nSPS) is 20.0. The van der Waals surface area contributed by atoms with Crippen LogP contribution < -0.4 is 10.1 Å². The Balaban J connectivity index is 1.98. The molecule has 1 aliphatic rings. The van der Waals surface area contributed by atoms with Crippen LogP contribution in [0.2, 0.25) is 5.02 Å². The molecule has 21 heavy (non-hydrogen) atoms. The van der Waals surface area contributed by atoms with Crippen LogP contribution in [0.15, 0.2) is 40.9 Å². The lowest BCUT2D eigenvalue weighted by atomic mass is 9.92. The molecule has 0 bridgehead atoms. The molecule has 110 valence electrons. The number of aromatic hydroxyl groups is 1. The van der Waals surface area contributed by atoms with Crippen molar-refractivity contribution in [2.24, 2.45) is 0 Å². The maximum Gasteiger partial charge on any atom is 0.128 e. The van der Waals surface area contributed by atoms with Crippen LogP contribution in [0.25, 0.3) is 0 Å². The van der Waals surface area contributed by atoms with Crippen molar-refractivity contribution in [3.05, 3.63) is 51.5 Å². The fraction of sp³-hybridized carbons (Fsp3) is 0.200. The molecular weight excluding hydrogens is 358 g/mol. The molecule has 4 nitrogen and oxygen atoms in total. The van der Waals surface area contributed by atoms with Gasteiger partial charge in [0.25, 0.3) is 0 Å². The van der Waals surface area contributed by atoms with Crippen molar-refractivity contribution in [1.29, 1.82) is 0 Å².